The molecule has 1 aliphatic rings. The lowest BCUT2D eigenvalue weighted by Gasteiger charge is -2.05. The van der Waals surface area contributed by atoms with Crippen LogP contribution in [0.15, 0.2) is 12.1 Å². The highest BCUT2D eigenvalue weighted by atomic mass is 16.5. The molecule has 0 fully saturated rings. The molecule has 0 radical (unpaired) electrons. The number of hydrogen-bond donors (Lipinski definition) is 1. The van der Waals surface area contributed by atoms with Gasteiger partial charge >= 0.3 is 0 Å². The van der Waals surface area contributed by atoms with Crippen LogP contribution in [0, 0.1) is 5.92 Å². The maximum absolute atomic E-state index is 5.67. The zero-order valence-electron chi connectivity index (χ0n) is 10.8. The predicted molar refractivity (Wildman–Crippen MR) is 70.2 cm³/mol. The second-order valence-corrected chi connectivity index (χ2v) is 5.15. The minimum absolute atomic E-state index is 0.593. The van der Waals surface area contributed by atoms with E-state index in [1.54, 1.807) is 0 Å². The molecule has 0 bridgehead atoms. The maximum Gasteiger partial charge on any atom is 0.163 e. The van der Waals surface area contributed by atoms with E-state index in [0.717, 1.165) is 41.2 Å². The van der Waals surface area contributed by atoms with Gasteiger partial charge < -0.3 is 14.5 Å². The quantitative estimate of drug-likeness (QED) is 0.886. The van der Waals surface area contributed by atoms with Crippen molar-refractivity contribution >= 4 is 11.0 Å². The number of hydrogen-bond acceptors (Lipinski definition) is 3. The molecule has 1 N–H and O–H groups in total. The summed E-state index contributed by atoms with van der Waals surface area (Å²) in [5, 5.41) is 0. The van der Waals surface area contributed by atoms with Crippen molar-refractivity contribution in [3.63, 3.8) is 0 Å². The normalized spacial score (nSPS) is 15.1. The summed E-state index contributed by atoms with van der Waals surface area (Å²) in [6, 6.07) is 3.96. The number of H-pyrrole nitrogens is 1. The Labute approximate surface area is 106 Å². The Kier molecular flexibility index (Phi) is 2.86. The van der Waals surface area contributed by atoms with Crippen LogP contribution in [-0.4, -0.2) is 23.2 Å². The van der Waals surface area contributed by atoms with Crippen molar-refractivity contribution in [3.8, 4) is 11.5 Å². The minimum Gasteiger partial charge on any atom is -0.489 e. The average Bonchev–Trinajstić information content (AvgIpc) is 2.54. The number of benzene rings is 1. The molecule has 2 aromatic rings. The van der Waals surface area contributed by atoms with Crippen LogP contribution < -0.4 is 9.47 Å². The highest BCUT2D eigenvalue weighted by Crippen LogP contribution is 2.33. The highest BCUT2D eigenvalue weighted by Gasteiger charge is 2.14. The molecule has 0 unspecified atom stereocenters. The fourth-order valence-corrected chi connectivity index (χ4v) is 2.20. The Morgan fingerprint density at radius 2 is 1.94 bits per heavy atom. The van der Waals surface area contributed by atoms with Crippen molar-refractivity contribution in [1.29, 1.82) is 0 Å². The van der Waals surface area contributed by atoms with E-state index in [-0.39, 0.29) is 0 Å². The zero-order valence-corrected chi connectivity index (χ0v) is 10.8. The monoisotopic (exact) mass is 246 g/mol. The van der Waals surface area contributed by atoms with Crippen molar-refractivity contribution in [1.82, 2.24) is 9.97 Å². The highest BCUT2D eigenvalue weighted by molar-refractivity contribution is 5.79. The fourth-order valence-electron chi connectivity index (χ4n) is 2.20. The topological polar surface area (TPSA) is 47.1 Å². The second-order valence-electron chi connectivity index (χ2n) is 5.15. The Bertz CT molecular complexity index is 517. The first-order valence-electron chi connectivity index (χ1n) is 6.50. The molecule has 0 atom stereocenters. The number of nitrogens with zero attached hydrogens (tertiary/aromatic N) is 1. The van der Waals surface area contributed by atoms with Gasteiger partial charge in [0.15, 0.2) is 11.5 Å². The Morgan fingerprint density at radius 3 is 2.67 bits per heavy atom. The summed E-state index contributed by atoms with van der Waals surface area (Å²) >= 11 is 0. The molecule has 4 nitrogen and oxygen atoms in total. The number of imidazole rings is 1. The standard InChI is InChI=1S/C14H18N2O2/c1-9(2)6-14-15-10-7-12-13(8-11(10)16-14)18-5-3-4-17-12/h7-9H,3-6H2,1-2H3,(H,15,16). The van der Waals surface area contributed by atoms with Crippen molar-refractivity contribution < 1.29 is 9.47 Å². The molecule has 4 heteroatoms. The lowest BCUT2D eigenvalue weighted by atomic mass is 10.1. The van der Waals surface area contributed by atoms with E-state index in [1.807, 2.05) is 12.1 Å². The average molecular weight is 246 g/mol. The Balaban J connectivity index is 2.01. The molecule has 96 valence electrons. The number of rotatable bonds is 2. The van der Waals surface area contributed by atoms with Crippen LogP contribution in [0.25, 0.3) is 11.0 Å². The first-order valence-corrected chi connectivity index (χ1v) is 6.50. The summed E-state index contributed by atoms with van der Waals surface area (Å²) in [5.41, 5.74) is 1.98. The van der Waals surface area contributed by atoms with Gasteiger partial charge in [-0.2, -0.15) is 0 Å². The number of aromatic amines is 1. The van der Waals surface area contributed by atoms with Crippen molar-refractivity contribution in [2.45, 2.75) is 26.7 Å². The summed E-state index contributed by atoms with van der Waals surface area (Å²) in [7, 11) is 0. The lowest BCUT2D eigenvalue weighted by molar-refractivity contribution is 0.297. The van der Waals surface area contributed by atoms with Crippen molar-refractivity contribution in [2.75, 3.05) is 13.2 Å². The molecule has 1 aromatic heterocycles. The summed E-state index contributed by atoms with van der Waals surface area (Å²) < 4.78 is 11.3. The van der Waals surface area contributed by atoms with Crippen LogP contribution >= 0.6 is 0 Å². The van der Waals surface area contributed by atoms with Gasteiger partial charge in [-0.05, 0) is 5.92 Å². The van der Waals surface area contributed by atoms with Gasteiger partial charge in [-0.25, -0.2) is 4.98 Å². The number of ether oxygens (including phenoxy) is 2. The zero-order chi connectivity index (χ0) is 12.5. The van der Waals surface area contributed by atoms with Gasteiger partial charge in [-0.1, -0.05) is 13.8 Å². The van der Waals surface area contributed by atoms with Crippen LogP contribution in [0.5, 0.6) is 11.5 Å². The third-order valence-corrected chi connectivity index (χ3v) is 3.00. The summed E-state index contributed by atoms with van der Waals surface area (Å²) in [5.74, 6) is 3.25. The molecule has 0 aliphatic carbocycles. The van der Waals surface area contributed by atoms with E-state index in [1.165, 1.54) is 0 Å². The summed E-state index contributed by atoms with van der Waals surface area (Å²) in [6.07, 6.45) is 1.88. The van der Waals surface area contributed by atoms with Gasteiger partial charge in [0.05, 0.1) is 24.2 Å². The number of fused-ring (bicyclic) bond motifs is 2. The minimum atomic E-state index is 0.593. The van der Waals surface area contributed by atoms with Gasteiger partial charge in [0.2, 0.25) is 0 Å². The van der Waals surface area contributed by atoms with Crippen LogP contribution in [0.2, 0.25) is 0 Å². The lowest BCUT2D eigenvalue weighted by Crippen LogP contribution is -1.97. The summed E-state index contributed by atoms with van der Waals surface area (Å²) in [4.78, 5) is 7.95. The van der Waals surface area contributed by atoms with Crippen LogP contribution in [-0.2, 0) is 6.42 Å². The van der Waals surface area contributed by atoms with Gasteiger partial charge in [-0.15, -0.1) is 0 Å². The molecule has 0 amide bonds. The molecule has 0 spiro atoms. The molecule has 1 aliphatic heterocycles. The fraction of sp³-hybridized carbons (Fsp3) is 0.500. The van der Waals surface area contributed by atoms with Crippen molar-refractivity contribution in [2.24, 2.45) is 5.92 Å². The van der Waals surface area contributed by atoms with E-state index in [0.29, 0.717) is 19.1 Å². The smallest absolute Gasteiger partial charge is 0.163 e. The van der Waals surface area contributed by atoms with E-state index >= 15 is 0 Å². The first kappa shape index (κ1) is 11.4. The Morgan fingerprint density at radius 1 is 1.22 bits per heavy atom. The third kappa shape index (κ3) is 2.15. The van der Waals surface area contributed by atoms with E-state index in [2.05, 4.69) is 23.8 Å². The van der Waals surface area contributed by atoms with E-state index in [4.69, 9.17) is 9.47 Å². The Hall–Kier alpha value is -1.71. The largest absolute Gasteiger partial charge is 0.489 e. The van der Waals surface area contributed by atoms with E-state index in [9.17, 15) is 0 Å². The molecular formula is C14H18N2O2. The second kappa shape index (κ2) is 4.52. The molecule has 18 heavy (non-hydrogen) atoms. The molecule has 0 saturated heterocycles. The molecular weight excluding hydrogens is 228 g/mol. The molecule has 1 aromatic carbocycles. The van der Waals surface area contributed by atoms with E-state index < -0.39 is 0 Å². The van der Waals surface area contributed by atoms with Crippen LogP contribution in [0.3, 0.4) is 0 Å². The van der Waals surface area contributed by atoms with Gasteiger partial charge in [0, 0.05) is 25.0 Å². The van der Waals surface area contributed by atoms with Crippen LogP contribution in [0.4, 0.5) is 0 Å². The third-order valence-electron chi connectivity index (χ3n) is 3.00. The van der Waals surface area contributed by atoms with Crippen LogP contribution in [0.1, 0.15) is 26.1 Å². The van der Waals surface area contributed by atoms with Crippen molar-refractivity contribution in [3.05, 3.63) is 18.0 Å². The maximum atomic E-state index is 5.67. The SMILES string of the molecule is CC(C)Cc1nc2cc3c(cc2[nH]1)OCCCO3. The predicted octanol–water partition coefficient (Wildman–Crippen LogP) is 2.92. The molecule has 2 heterocycles. The number of aromatic nitrogens is 2. The number of nitrogens with one attached hydrogen (secondary N) is 1. The first-order chi connectivity index (χ1) is 8.72. The summed E-state index contributed by atoms with van der Waals surface area (Å²) in [6.45, 7) is 5.80. The van der Waals surface area contributed by atoms with Gasteiger partial charge in [-0.3, -0.25) is 0 Å². The molecule has 3 rings (SSSR count). The van der Waals surface area contributed by atoms with Gasteiger partial charge in [0.1, 0.15) is 5.82 Å². The molecule has 0 saturated carbocycles. The van der Waals surface area contributed by atoms with Gasteiger partial charge in [0.25, 0.3) is 0 Å².